The van der Waals surface area contributed by atoms with Crippen LogP contribution in [0.3, 0.4) is 0 Å². The van der Waals surface area contributed by atoms with Crippen LogP contribution in [0.4, 0.5) is 10.5 Å². The number of hydrogen-bond donors (Lipinski definition) is 2. The maximum Gasteiger partial charge on any atom is 0.331 e. The van der Waals surface area contributed by atoms with Gasteiger partial charge in [0.15, 0.2) is 9.92 Å². The Morgan fingerprint density at radius 1 is 0.915 bits per heavy atom. The van der Waals surface area contributed by atoms with E-state index in [1.165, 1.54) is 28.5 Å². The number of carbonyl (C=O) groups is 1. The van der Waals surface area contributed by atoms with Gasteiger partial charge in [0, 0.05) is 5.69 Å². The number of amides is 2. The van der Waals surface area contributed by atoms with Gasteiger partial charge in [-0.3, -0.25) is 0 Å². The number of nitrogens with zero attached hydrogens (tertiary/aromatic N) is 3. The van der Waals surface area contributed by atoms with E-state index in [1.807, 2.05) is 97.9 Å². The molecule has 0 radical (unpaired) electrons. The SMILES string of the molecule is CC1Cn2ncc(S(=O)(=NC(c3ccccc3)(c3ccccc3)c3ccccc3)NC(=O)Nc3c4c(cc5c3[C@H](C)C5)CCC4)c2O1. The number of benzene rings is 4. The van der Waals surface area contributed by atoms with Gasteiger partial charge in [-0.1, -0.05) is 104 Å². The smallest absolute Gasteiger partial charge is 0.331 e. The number of aryl methyl sites for hydroxylation is 1. The third-order valence-corrected chi connectivity index (χ3v) is 11.5. The Morgan fingerprint density at radius 2 is 1.53 bits per heavy atom. The lowest BCUT2D eigenvalue weighted by atomic mass is 9.75. The van der Waals surface area contributed by atoms with E-state index in [0.29, 0.717) is 18.3 Å². The number of anilines is 1. The molecule has 238 valence electrons. The van der Waals surface area contributed by atoms with Gasteiger partial charge in [0.2, 0.25) is 5.88 Å². The molecular weight excluding hydrogens is 607 g/mol. The van der Waals surface area contributed by atoms with Crippen LogP contribution in [0.25, 0.3) is 0 Å². The maximum absolute atomic E-state index is 15.8. The van der Waals surface area contributed by atoms with Crippen LogP contribution in [0.5, 0.6) is 5.88 Å². The van der Waals surface area contributed by atoms with Crippen molar-refractivity contribution in [2.24, 2.45) is 4.36 Å². The predicted octanol–water partition coefficient (Wildman–Crippen LogP) is 7.37. The maximum atomic E-state index is 15.8. The van der Waals surface area contributed by atoms with E-state index >= 15 is 4.21 Å². The number of ether oxygens (including phenoxy) is 1. The minimum absolute atomic E-state index is 0.163. The molecule has 0 spiro atoms. The lowest BCUT2D eigenvalue weighted by Gasteiger charge is -2.33. The Morgan fingerprint density at radius 3 is 2.13 bits per heavy atom. The molecule has 0 bridgehead atoms. The first-order valence-electron chi connectivity index (χ1n) is 16.3. The largest absolute Gasteiger partial charge is 0.472 e. The van der Waals surface area contributed by atoms with Gasteiger partial charge in [0.25, 0.3) is 0 Å². The second-order valence-electron chi connectivity index (χ2n) is 12.8. The quantitative estimate of drug-likeness (QED) is 0.181. The minimum atomic E-state index is -3.77. The Hall–Kier alpha value is -4.89. The number of nitrogens with one attached hydrogen (secondary N) is 2. The van der Waals surface area contributed by atoms with E-state index in [-0.39, 0.29) is 11.0 Å². The summed E-state index contributed by atoms with van der Waals surface area (Å²) < 4.78 is 31.9. The molecule has 2 amide bonds. The normalized spacial score (nSPS) is 18.9. The third-order valence-electron chi connectivity index (χ3n) is 9.66. The molecule has 9 heteroatoms. The average molecular weight is 644 g/mol. The molecule has 3 aliphatic rings. The molecule has 8 rings (SSSR count). The molecule has 2 heterocycles. The highest BCUT2D eigenvalue weighted by molar-refractivity contribution is 7.92. The van der Waals surface area contributed by atoms with Crippen molar-refractivity contribution >= 4 is 21.6 Å². The van der Waals surface area contributed by atoms with Gasteiger partial charge < -0.3 is 10.1 Å². The molecule has 2 unspecified atom stereocenters. The van der Waals surface area contributed by atoms with Crippen LogP contribution in [0.2, 0.25) is 0 Å². The lowest BCUT2D eigenvalue weighted by molar-refractivity contribution is 0.248. The number of aromatic nitrogens is 2. The summed E-state index contributed by atoms with van der Waals surface area (Å²) in [5.41, 5.74) is 6.96. The molecule has 4 aromatic carbocycles. The fraction of sp³-hybridized carbons (Fsp3) is 0.263. The fourth-order valence-electron chi connectivity index (χ4n) is 7.55. The summed E-state index contributed by atoms with van der Waals surface area (Å²) in [4.78, 5) is 14.5. The molecule has 1 aliphatic heterocycles. The lowest BCUT2D eigenvalue weighted by Crippen LogP contribution is -2.38. The van der Waals surface area contributed by atoms with Crippen LogP contribution in [0.15, 0.2) is 113 Å². The highest BCUT2D eigenvalue weighted by Gasteiger charge is 2.41. The summed E-state index contributed by atoms with van der Waals surface area (Å²) in [5, 5.41) is 7.70. The van der Waals surface area contributed by atoms with Crippen LogP contribution in [-0.2, 0) is 41.3 Å². The summed E-state index contributed by atoms with van der Waals surface area (Å²) >= 11 is 0. The first-order chi connectivity index (χ1) is 22.9. The molecule has 3 atom stereocenters. The van der Waals surface area contributed by atoms with E-state index in [2.05, 4.69) is 28.1 Å². The Balaban J connectivity index is 1.34. The molecule has 2 aliphatic carbocycles. The van der Waals surface area contributed by atoms with Gasteiger partial charge in [-0.2, -0.15) is 9.46 Å². The monoisotopic (exact) mass is 643 g/mol. The van der Waals surface area contributed by atoms with E-state index in [1.54, 1.807) is 4.68 Å². The van der Waals surface area contributed by atoms with Crippen molar-refractivity contribution in [2.75, 3.05) is 5.32 Å². The number of rotatable bonds is 7. The van der Waals surface area contributed by atoms with Crippen molar-refractivity contribution < 1.29 is 13.7 Å². The van der Waals surface area contributed by atoms with Crippen molar-refractivity contribution in [2.45, 2.75) is 68.5 Å². The standard InChI is InChI=1S/C38H37N5O3S/c1-25-21-28-22-27-13-12-20-32(27)35(34(25)28)40-37(44)41-47(45,33-23-39-43-24-26(2)46-36(33)43)42-38(29-14-6-3-7-15-29,30-16-8-4-9-17-30)31-18-10-5-11-19-31/h3-11,14-19,22-23,25-26H,12-13,20-21,24H2,1-2H3,(H2,40,41,42,44,45)/t25-,26?,47?/m1/s1. The van der Waals surface area contributed by atoms with Crippen molar-refractivity contribution in [3.8, 4) is 5.88 Å². The van der Waals surface area contributed by atoms with Crippen molar-refractivity contribution in [3.63, 3.8) is 0 Å². The zero-order valence-corrected chi connectivity index (χ0v) is 27.3. The highest BCUT2D eigenvalue weighted by atomic mass is 32.2. The molecule has 0 saturated heterocycles. The van der Waals surface area contributed by atoms with Crippen LogP contribution in [0, 0.1) is 0 Å². The van der Waals surface area contributed by atoms with Crippen LogP contribution < -0.4 is 14.8 Å². The molecule has 0 fully saturated rings. The second-order valence-corrected chi connectivity index (χ2v) is 14.7. The zero-order chi connectivity index (χ0) is 32.2. The van der Waals surface area contributed by atoms with Gasteiger partial charge in [0.1, 0.15) is 16.5 Å². The van der Waals surface area contributed by atoms with Crippen molar-refractivity contribution in [1.29, 1.82) is 0 Å². The first-order valence-corrected chi connectivity index (χ1v) is 17.8. The molecule has 47 heavy (non-hydrogen) atoms. The Bertz CT molecular complexity index is 2000. The molecule has 2 N–H and O–H groups in total. The summed E-state index contributed by atoms with van der Waals surface area (Å²) in [7, 11) is -3.77. The summed E-state index contributed by atoms with van der Waals surface area (Å²) in [5.74, 6) is 0.698. The van der Waals surface area contributed by atoms with E-state index < -0.39 is 21.5 Å². The Labute approximate surface area is 275 Å². The topological polar surface area (TPSA) is 97.6 Å². The summed E-state index contributed by atoms with van der Waals surface area (Å²) in [6.45, 7) is 4.64. The Kier molecular flexibility index (Phi) is 7.17. The molecule has 8 nitrogen and oxygen atoms in total. The van der Waals surface area contributed by atoms with Crippen molar-refractivity contribution in [1.82, 2.24) is 14.5 Å². The second kappa shape index (κ2) is 11.4. The zero-order valence-electron chi connectivity index (χ0n) is 26.5. The molecule has 5 aromatic rings. The van der Waals surface area contributed by atoms with Gasteiger partial charge >= 0.3 is 6.03 Å². The molecule has 1 aromatic heterocycles. The number of urea groups is 1. The highest BCUT2D eigenvalue weighted by Crippen LogP contribution is 2.46. The number of hydrogen-bond acceptors (Lipinski definition) is 5. The van der Waals surface area contributed by atoms with Gasteiger partial charge in [-0.25, -0.2) is 18.4 Å². The van der Waals surface area contributed by atoms with Crippen LogP contribution in [-0.4, -0.2) is 26.1 Å². The molecule has 0 saturated carbocycles. The van der Waals surface area contributed by atoms with Crippen LogP contribution >= 0.6 is 0 Å². The van der Waals surface area contributed by atoms with E-state index in [0.717, 1.165) is 48.1 Å². The first kappa shape index (κ1) is 29.5. The van der Waals surface area contributed by atoms with E-state index in [9.17, 15) is 4.79 Å². The number of carbonyl (C=O) groups excluding carboxylic acids is 1. The van der Waals surface area contributed by atoms with Gasteiger partial charge in [0.05, 0.1) is 12.7 Å². The third kappa shape index (κ3) is 4.91. The summed E-state index contributed by atoms with van der Waals surface area (Å²) in [6.07, 6.45) is 5.33. The van der Waals surface area contributed by atoms with Crippen molar-refractivity contribution in [3.05, 3.63) is 142 Å². The average Bonchev–Trinajstić information content (AvgIpc) is 3.80. The van der Waals surface area contributed by atoms with Gasteiger partial charge in [-0.15, -0.1) is 0 Å². The molecular formula is C38H37N5O3S. The fourth-order valence-corrected chi connectivity index (χ4v) is 9.38. The minimum Gasteiger partial charge on any atom is -0.472 e. The van der Waals surface area contributed by atoms with Gasteiger partial charge in [-0.05, 0) is 77.5 Å². The van der Waals surface area contributed by atoms with E-state index in [4.69, 9.17) is 9.10 Å². The number of fused-ring (bicyclic) bond motifs is 3. The van der Waals surface area contributed by atoms with Crippen LogP contribution in [0.1, 0.15) is 65.1 Å². The predicted molar refractivity (Wildman–Crippen MR) is 183 cm³/mol. The summed E-state index contributed by atoms with van der Waals surface area (Å²) in [6, 6.07) is 31.2.